The summed E-state index contributed by atoms with van der Waals surface area (Å²) in [5, 5.41) is 2.66. The SMILES string of the molecule is Nc1ccccc1NC(=O)c1ccc(Br)o1. The van der Waals surface area contributed by atoms with E-state index in [1.165, 1.54) is 0 Å². The Labute approximate surface area is 101 Å². The van der Waals surface area contributed by atoms with Crippen LogP contribution in [0.4, 0.5) is 11.4 Å². The first-order valence-corrected chi connectivity index (χ1v) is 5.37. The van der Waals surface area contributed by atoms with Gasteiger partial charge in [-0.25, -0.2) is 0 Å². The Balaban J connectivity index is 2.17. The zero-order valence-corrected chi connectivity index (χ0v) is 9.82. The molecule has 2 rings (SSSR count). The highest BCUT2D eigenvalue weighted by Gasteiger charge is 2.11. The molecule has 0 atom stereocenters. The molecule has 5 heteroatoms. The van der Waals surface area contributed by atoms with Crippen molar-refractivity contribution in [2.24, 2.45) is 0 Å². The minimum absolute atomic E-state index is 0.232. The fourth-order valence-corrected chi connectivity index (χ4v) is 1.54. The molecule has 1 amide bonds. The van der Waals surface area contributed by atoms with Crippen molar-refractivity contribution in [3.8, 4) is 0 Å². The van der Waals surface area contributed by atoms with Gasteiger partial charge in [0.15, 0.2) is 10.4 Å². The topological polar surface area (TPSA) is 68.3 Å². The average Bonchev–Trinajstić information content (AvgIpc) is 2.68. The van der Waals surface area contributed by atoms with Crippen molar-refractivity contribution < 1.29 is 9.21 Å². The van der Waals surface area contributed by atoms with Crippen molar-refractivity contribution in [3.63, 3.8) is 0 Å². The maximum Gasteiger partial charge on any atom is 0.291 e. The van der Waals surface area contributed by atoms with Crippen molar-refractivity contribution in [2.75, 3.05) is 11.1 Å². The molecule has 0 fully saturated rings. The summed E-state index contributed by atoms with van der Waals surface area (Å²) < 4.78 is 5.63. The second kappa shape index (κ2) is 4.40. The number of hydrogen-bond acceptors (Lipinski definition) is 3. The minimum atomic E-state index is -0.330. The van der Waals surface area contributed by atoms with Gasteiger partial charge in [-0.3, -0.25) is 4.79 Å². The third-order valence-electron chi connectivity index (χ3n) is 2.01. The van der Waals surface area contributed by atoms with E-state index in [0.717, 1.165) is 0 Å². The molecule has 2 aromatic rings. The van der Waals surface area contributed by atoms with Crippen LogP contribution in [0.2, 0.25) is 0 Å². The third kappa shape index (κ3) is 2.25. The predicted octanol–water partition coefficient (Wildman–Crippen LogP) is 2.88. The molecule has 1 heterocycles. The van der Waals surface area contributed by atoms with Crippen LogP contribution in [0.3, 0.4) is 0 Å². The molecule has 82 valence electrons. The molecule has 0 spiro atoms. The van der Waals surface area contributed by atoms with Gasteiger partial charge in [-0.2, -0.15) is 0 Å². The predicted molar refractivity (Wildman–Crippen MR) is 65.2 cm³/mol. The number of rotatable bonds is 2. The standard InChI is InChI=1S/C11H9BrN2O2/c12-10-6-5-9(16-10)11(15)14-8-4-2-1-3-7(8)13/h1-6H,13H2,(H,14,15). The molecule has 0 aliphatic carbocycles. The van der Waals surface area contributed by atoms with E-state index in [0.29, 0.717) is 16.0 Å². The molecule has 1 aromatic carbocycles. The highest BCUT2D eigenvalue weighted by Crippen LogP contribution is 2.19. The number of furan rings is 1. The maximum atomic E-state index is 11.7. The summed E-state index contributed by atoms with van der Waals surface area (Å²) in [5.74, 6) is -0.0984. The van der Waals surface area contributed by atoms with Gasteiger partial charge in [-0.1, -0.05) is 12.1 Å². The van der Waals surface area contributed by atoms with Crippen LogP contribution in [0.25, 0.3) is 0 Å². The lowest BCUT2D eigenvalue weighted by atomic mass is 10.2. The van der Waals surface area contributed by atoms with E-state index >= 15 is 0 Å². The molecular weight excluding hydrogens is 272 g/mol. The summed E-state index contributed by atoms with van der Waals surface area (Å²) in [4.78, 5) is 11.7. The molecule has 3 N–H and O–H groups in total. The van der Waals surface area contributed by atoms with E-state index in [1.54, 1.807) is 36.4 Å². The molecular formula is C11H9BrN2O2. The van der Waals surface area contributed by atoms with Crippen LogP contribution in [0.5, 0.6) is 0 Å². The number of nitrogens with one attached hydrogen (secondary N) is 1. The number of halogens is 1. The van der Waals surface area contributed by atoms with Gasteiger partial charge in [0.25, 0.3) is 5.91 Å². The zero-order chi connectivity index (χ0) is 11.5. The number of anilines is 2. The highest BCUT2D eigenvalue weighted by atomic mass is 79.9. The number of benzene rings is 1. The molecule has 4 nitrogen and oxygen atoms in total. The first kappa shape index (κ1) is 10.8. The molecule has 0 radical (unpaired) electrons. The molecule has 0 unspecified atom stereocenters. The lowest BCUT2D eigenvalue weighted by Gasteiger charge is -2.05. The number of amides is 1. The molecule has 0 aliphatic heterocycles. The number of hydrogen-bond donors (Lipinski definition) is 2. The Morgan fingerprint density at radius 2 is 2.00 bits per heavy atom. The smallest absolute Gasteiger partial charge is 0.291 e. The fourth-order valence-electron chi connectivity index (χ4n) is 1.23. The first-order chi connectivity index (χ1) is 7.66. The van der Waals surface area contributed by atoms with Crippen LogP contribution in [-0.4, -0.2) is 5.91 Å². The highest BCUT2D eigenvalue weighted by molar-refractivity contribution is 9.10. The molecule has 16 heavy (non-hydrogen) atoms. The number of nitrogen functional groups attached to an aromatic ring is 1. The second-order valence-electron chi connectivity index (χ2n) is 3.15. The molecule has 0 aliphatic rings. The van der Waals surface area contributed by atoms with E-state index in [4.69, 9.17) is 10.2 Å². The van der Waals surface area contributed by atoms with Crippen LogP contribution >= 0.6 is 15.9 Å². The van der Waals surface area contributed by atoms with Crippen LogP contribution in [0.1, 0.15) is 10.6 Å². The lowest BCUT2D eigenvalue weighted by molar-refractivity contribution is 0.0995. The van der Waals surface area contributed by atoms with Gasteiger partial charge >= 0.3 is 0 Å². The average molecular weight is 281 g/mol. The summed E-state index contributed by atoms with van der Waals surface area (Å²) in [6.07, 6.45) is 0. The van der Waals surface area contributed by atoms with Crippen molar-refractivity contribution in [1.82, 2.24) is 0 Å². The zero-order valence-electron chi connectivity index (χ0n) is 8.24. The van der Waals surface area contributed by atoms with Crippen molar-refractivity contribution in [2.45, 2.75) is 0 Å². The van der Waals surface area contributed by atoms with E-state index in [1.807, 2.05) is 0 Å². The Bertz CT molecular complexity index is 522. The van der Waals surface area contributed by atoms with Crippen molar-refractivity contribution >= 4 is 33.2 Å². The van der Waals surface area contributed by atoms with E-state index in [9.17, 15) is 4.79 Å². The van der Waals surface area contributed by atoms with Gasteiger partial charge in [0, 0.05) is 0 Å². The van der Waals surface area contributed by atoms with E-state index in [2.05, 4.69) is 21.2 Å². The number of carbonyl (C=O) groups excluding carboxylic acids is 1. The van der Waals surface area contributed by atoms with Gasteiger partial charge in [0.1, 0.15) is 0 Å². The monoisotopic (exact) mass is 280 g/mol. The summed E-state index contributed by atoms with van der Waals surface area (Å²) >= 11 is 3.13. The summed E-state index contributed by atoms with van der Waals surface area (Å²) in [6, 6.07) is 10.3. The van der Waals surface area contributed by atoms with Gasteiger partial charge in [0.05, 0.1) is 11.4 Å². The van der Waals surface area contributed by atoms with E-state index < -0.39 is 0 Å². The maximum absolute atomic E-state index is 11.7. The Morgan fingerprint density at radius 3 is 2.62 bits per heavy atom. The number of para-hydroxylation sites is 2. The second-order valence-corrected chi connectivity index (χ2v) is 3.93. The normalized spacial score (nSPS) is 10.1. The van der Waals surface area contributed by atoms with Crippen LogP contribution < -0.4 is 11.1 Å². The quantitative estimate of drug-likeness (QED) is 0.832. The Hall–Kier alpha value is -1.75. The lowest BCUT2D eigenvalue weighted by Crippen LogP contribution is -2.12. The summed E-state index contributed by atoms with van der Waals surface area (Å²) in [7, 11) is 0. The van der Waals surface area contributed by atoms with Crippen LogP contribution in [0, 0.1) is 0 Å². The van der Waals surface area contributed by atoms with Gasteiger partial charge in [-0.15, -0.1) is 0 Å². The molecule has 1 aromatic heterocycles. The fraction of sp³-hybridized carbons (Fsp3) is 0. The number of nitrogens with two attached hydrogens (primary N) is 1. The van der Waals surface area contributed by atoms with Gasteiger partial charge in [0.2, 0.25) is 0 Å². The van der Waals surface area contributed by atoms with Crippen LogP contribution in [-0.2, 0) is 0 Å². The molecule has 0 saturated heterocycles. The molecule has 0 saturated carbocycles. The van der Waals surface area contributed by atoms with Crippen molar-refractivity contribution in [3.05, 3.63) is 46.8 Å². The largest absolute Gasteiger partial charge is 0.444 e. The summed E-state index contributed by atoms with van der Waals surface area (Å²) in [5.41, 5.74) is 6.78. The molecule has 0 bridgehead atoms. The van der Waals surface area contributed by atoms with E-state index in [-0.39, 0.29) is 11.7 Å². The van der Waals surface area contributed by atoms with Crippen molar-refractivity contribution in [1.29, 1.82) is 0 Å². The first-order valence-electron chi connectivity index (χ1n) is 4.58. The number of carbonyl (C=O) groups is 1. The summed E-state index contributed by atoms with van der Waals surface area (Å²) in [6.45, 7) is 0. The van der Waals surface area contributed by atoms with Gasteiger partial charge in [-0.05, 0) is 40.2 Å². The Morgan fingerprint density at radius 1 is 1.25 bits per heavy atom. The Kier molecular flexibility index (Phi) is 2.96. The van der Waals surface area contributed by atoms with Crippen LogP contribution in [0.15, 0.2) is 45.5 Å². The van der Waals surface area contributed by atoms with Gasteiger partial charge < -0.3 is 15.5 Å². The third-order valence-corrected chi connectivity index (χ3v) is 2.43. The minimum Gasteiger partial charge on any atom is -0.444 e.